The van der Waals surface area contributed by atoms with Gasteiger partial charge in [-0.25, -0.2) is 14.6 Å². The van der Waals surface area contributed by atoms with Crippen LogP contribution in [0, 0.1) is 18.2 Å². The van der Waals surface area contributed by atoms with Crippen molar-refractivity contribution in [1.82, 2.24) is 24.1 Å². The molecule has 2 aliphatic heterocycles. The van der Waals surface area contributed by atoms with E-state index in [1.54, 1.807) is 0 Å². The monoisotopic (exact) mass is 610 g/mol. The van der Waals surface area contributed by atoms with Crippen LogP contribution in [0.25, 0.3) is 11.2 Å². The molecule has 19 nitrogen and oxygen atoms in total. The van der Waals surface area contributed by atoms with E-state index >= 15 is 0 Å². The van der Waals surface area contributed by atoms with E-state index in [-0.39, 0.29) is 35.5 Å². The molecule has 3 aromatic rings. The van der Waals surface area contributed by atoms with Gasteiger partial charge in [0.05, 0.1) is 19.3 Å². The number of nitrogens with two attached hydrogens (primary N) is 1. The molecule has 2 aliphatic rings. The van der Waals surface area contributed by atoms with Crippen LogP contribution < -0.4 is 27.0 Å². The highest BCUT2D eigenvalue weighted by atomic mass is 31.2. The molecule has 42 heavy (non-hydrogen) atoms. The summed E-state index contributed by atoms with van der Waals surface area (Å²) in [4.78, 5) is 55.4. The Balaban J connectivity index is 1.26. The van der Waals surface area contributed by atoms with Gasteiger partial charge in [-0.1, -0.05) is 0 Å². The van der Waals surface area contributed by atoms with Crippen LogP contribution in [0.2, 0.25) is 0 Å². The standard InChI is InChI=1S/C21H28BN8O11P/c1-9-4-28(21(35)27-18(9)33)15-3-11(12(5-31)39-15)41-42(36,37)38-6-13-10(32)2-14(40-13)29-8-30(22-7-23)16-17(29)25-20(24)26-19(16)34/h4,8,10-15,31-32H,2-3,5-6,22H2,1H3,(H,36,37)(H,27,33,35)(H3,24,25,26,34). The highest BCUT2D eigenvalue weighted by Gasteiger charge is 2.44. The molecular weight excluding hydrogens is 582 g/mol. The van der Waals surface area contributed by atoms with Gasteiger partial charge in [0, 0.05) is 24.6 Å². The average Bonchev–Trinajstić information content (AvgIpc) is 3.60. The van der Waals surface area contributed by atoms with E-state index in [0.29, 0.717) is 0 Å². The second-order valence-electron chi connectivity index (χ2n) is 10.1. The first-order chi connectivity index (χ1) is 19.9. The predicted octanol–water partition coefficient (Wildman–Crippen LogP) is -3.70. The fourth-order valence-corrected chi connectivity index (χ4v) is 6.07. The number of aromatic amines is 2. The third kappa shape index (κ3) is 5.81. The van der Waals surface area contributed by atoms with Crippen LogP contribution in [0.15, 0.2) is 26.9 Å². The zero-order chi connectivity index (χ0) is 30.3. The molecule has 5 heterocycles. The second kappa shape index (κ2) is 11.5. The van der Waals surface area contributed by atoms with E-state index in [2.05, 4.69) is 20.9 Å². The third-order valence-corrected chi connectivity index (χ3v) is 8.14. The highest BCUT2D eigenvalue weighted by Crippen LogP contribution is 2.49. The molecule has 3 aromatic heterocycles. The number of H-pyrrole nitrogens is 2. The van der Waals surface area contributed by atoms with Gasteiger partial charge in [-0.3, -0.25) is 33.2 Å². The lowest BCUT2D eigenvalue weighted by molar-refractivity contribution is -0.499. The smallest absolute Gasteiger partial charge is 0.414 e. The Hall–Kier alpha value is -3.67. The van der Waals surface area contributed by atoms with E-state index in [1.165, 1.54) is 28.5 Å². The van der Waals surface area contributed by atoms with Crippen molar-refractivity contribution >= 4 is 32.3 Å². The number of nitriles is 1. The number of imidazole rings is 1. The molecule has 0 bridgehead atoms. The Morgan fingerprint density at radius 2 is 1.95 bits per heavy atom. The predicted molar refractivity (Wildman–Crippen MR) is 141 cm³/mol. The SMILES string of the molecule is Cc1cn(C2CC(OP(=O)(O)OCC3OC(n4c[n+]([BH2-]C#N)c5c(=O)[nH]c(N)nc54)CC3O)C(CO)O2)c(=O)[nH]c1=O. The minimum absolute atomic E-state index is 0.00655. The Morgan fingerprint density at radius 3 is 2.67 bits per heavy atom. The molecule has 0 amide bonds. The number of fused-ring (bicyclic) bond motifs is 1. The Morgan fingerprint density at radius 1 is 1.24 bits per heavy atom. The van der Waals surface area contributed by atoms with Crippen molar-refractivity contribution in [2.45, 2.75) is 56.6 Å². The summed E-state index contributed by atoms with van der Waals surface area (Å²) in [5, 5.41) is 29.5. The lowest BCUT2D eigenvalue weighted by atomic mass is 9.98. The van der Waals surface area contributed by atoms with E-state index < -0.39 is 82.1 Å². The van der Waals surface area contributed by atoms with Gasteiger partial charge in [-0.2, -0.15) is 9.55 Å². The van der Waals surface area contributed by atoms with Gasteiger partial charge in [0.1, 0.15) is 24.5 Å². The Bertz CT molecular complexity index is 1770. The first-order valence-corrected chi connectivity index (χ1v) is 14.4. The molecule has 226 valence electrons. The van der Waals surface area contributed by atoms with Crippen LogP contribution in [-0.2, 0) is 23.1 Å². The van der Waals surface area contributed by atoms with E-state index in [1.807, 2.05) is 0 Å². The zero-order valence-corrected chi connectivity index (χ0v) is 23.2. The molecule has 7 unspecified atom stereocenters. The molecular formula is C21H28BN8O11P. The van der Waals surface area contributed by atoms with E-state index in [0.717, 1.165) is 4.57 Å². The first-order valence-electron chi connectivity index (χ1n) is 12.9. The van der Waals surface area contributed by atoms with Crippen LogP contribution in [0.4, 0.5) is 5.95 Å². The number of phosphoric ester groups is 1. The molecule has 2 saturated heterocycles. The number of nitrogen functional groups attached to an aromatic ring is 1. The van der Waals surface area contributed by atoms with Gasteiger partial charge in [-0.05, 0) is 6.92 Å². The Labute approximate surface area is 235 Å². The van der Waals surface area contributed by atoms with Gasteiger partial charge >= 0.3 is 13.5 Å². The lowest BCUT2D eigenvalue weighted by Gasteiger charge is -2.21. The molecule has 0 aromatic carbocycles. The van der Waals surface area contributed by atoms with Crippen molar-refractivity contribution in [3.8, 4) is 5.97 Å². The van der Waals surface area contributed by atoms with Crippen molar-refractivity contribution in [3.05, 3.63) is 49.3 Å². The molecule has 2 fully saturated rings. The van der Waals surface area contributed by atoms with Crippen LogP contribution in [0.5, 0.6) is 0 Å². The van der Waals surface area contributed by atoms with Crippen LogP contribution in [-0.4, -0.2) is 84.2 Å². The number of phosphoric acid groups is 1. The number of nitrogens with zero attached hydrogens (tertiary/aromatic N) is 5. The molecule has 0 radical (unpaired) electrons. The van der Waals surface area contributed by atoms with Gasteiger partial charge in [0.15, 0.2) is 0 Å². The number of hydrogen-bond acceptors (Lipinski definition) is 13. The normalized spacial score (nSPS) is 27.3. The van der Waals surface area contributed by atoms with Gasteiger partial charge in [-0.15, -0.1) is 5.97 Å². The number of aromatic nitrogens is 6. The van der Waals surface area contributed by atoms with Gasteiger partial charge in [0.2, 0.25) is 24.0 Å². The molecule has 7 N–H and O–H groups in total. The fraction of sp³-hybridized carbons (Fsp3) is 0.524. The lowest BCUT2D eigenvalue weighted by Crippen LogP contribution is -2.41. The molecule has 21 heteroatoms. The Kier molecular flexibility index (Phi) is 8.20. The molecule has 5 rings (SSSR count). The second-order valence-corrected chi connectivity index (χ2v) is 11.5. The zero-order valence-electron chi connectivity index (χ0n) is 22.3. The maximum Gasteiger partial charge on any atom is 0.472 e. The largest absolute Gasteiger partial charge is 0.472 e. The summed E-state index contributed by atoms with van der Waals surface area (Å²) in [5.41, 5.74) is 4.28. The van der Waals surface area contributed by atoms with E-state index in [4.69, 9.17) is 24.3 Å². The molecule has 0 aliphatic carbocycles. The average molecular weight is 610 g/mol. The number of aliphatic hydroxyl groups is 2. The first kappa shape index (κ1) is 29.8. The molecule has 0 spiro atoms. The number of ether oxygens (including phenoxy) is 2. The number of rotatable bonds is 9. The van der Waals surface area contributed by atoms with Crippen molar-refractivity contribution in [3.63, 3.8) is 0 Å². The van der Waals surface area contributed by atoms with Crippen LogP contribution in [0.3, 0.4) is 0 Å². The van der Waals surface area contributed by atoms with E-state index in [9.17, 15) is 39.3 Å². The quantitative estimate of drug-likeness (QED) is 0.101. The van der Waals surface area contributed by atoms with Gasteiger partial charge < -0.3 is 34.8 Å². The van der Waals surface area contributed by atoms with Gasteiger partial charge in [0.25, 0.3) is 24.2 Å². The topological polar surface area (TPSA) is 274 Å². The summed E-state index contributed by atoms with van der Waals surface area (Å²) in [7, 11) is -6.23. The maximum absolute atomic E-state index is 12.8. The van der Waals surface area contributed by atoms with Crippen molar-refractivity contribution in [2.24, 2.45) is 0 Å². The summed E-state index contributed by atoms with van der Waals surface area (Å²) in [6.07, 6.45) is -3.80. The minimum atomic E-state index is -4.81. The number of nitrogens with one attached hydrogen (secondary N) is 2. The summed E-state index contributed by atoms with van der Waals surface area (Å²) in [6, 6.07) is 0. The van der Waals surface area contributed by atoms with Crippen LogP contribution >= 0.6 is 7.82 Å². The fourth-order valence-electron chi connectivity index (χ4n) is 5.11. The molecule has 0 saturated carbocycles. The third-order valence-electron chi connectivity index (χ3n) is 7.13. The number of aryl methyl sites for hydroxylation is 1. The number of hydrogen-bond donors (Lipinski definition) is 6. The minimum Gasteiger partial charge on any atom is -0.414 e. The summed E-state index contributed by atoms with van der Waals surface area (Å²) < 4.78 is 38.6. The summed E-state index contributed by atoms with van der Waals surface area (Å²) in [6.45, 7) is 0.300. The number of anilines is 1. The molecule has 7 atom stereocenters. The summed E-state index contributed by atoms with van der Waals surface area (Å²) >= 11 is 0. The highest BCUT2D eigenvalue weighted by molar-refractivity contribution is 7.47. The van der Waals surface area contributed by atoms with Crippen LogP contribution in [0.1, 0.15) is 30.9 Å². The summed E-state index contributed by atoms with van der Waals surface area (Å²) in [5.74, 6) is 1.90. The van der Waals surface area contributed by atoms with Crippen molar-refractivity contribution in [1.29, 1.82) is 5.26 Å². The van der Waals surface area contributed by atoms with Crippen molar-refractivity contribution < 1.29 is 42.7 Å². The van der Waals surface area contributed by atoms with Crippen molar-refractivity contribution in [2.75, 3.05) is 18.9 Å². The maximum atomic E-state index is 12.8. The number of aliphatic hydroxyl groups excluding tert-OH is 2.